The van der Waals surface area contributed by atoms with Gasteiger partial charge in [-0.1, -0.05) is 24.3 Å². The molecule has 152 valence electrons. The molecular weight excluding hydrogens is 367 g/mol. The van der Waals surface area contributed by atoms with E-state index in [4.69, 9.17) is 9.72 Å². The minimum Gasteiger partial charge on any atom is -0.379 e. The molecule has 5 nitrogen and oxygen atoms in total. The van der Waals surface area contributed by atoms with Crippen molar-refractivity contribution in [1.29, 1.82) is 0 Å². The quantitative estimate of drug-likeness (QED) is 0.681. The molecule has 0 aliphatic carbocycles. The second kappa shape index (κ2) is 7.76. The largest absolute Gasteiger partial charge is 0.379 e. The maximum Gasteiger partial charge on any atom is 0.140 e. The van der Waals surface area contributed by atoms with E-state index in [0.717, 1.165) is 54.2 Å². The first-order valence-corrected chi connectivity index (χ1v) is 10.4. The lowest BCUT2D eigenvalue weighted by atomic mass is 9.99. The van der Waals surface area contributed by atoms with E-state index >= 15 is 4.39 Å². The van der Waals surface area contributed by atoms with Gasteiger partial charge in [-0.25, -0.2) is 9.37 Å². The van der Waals surface area contributed by atoms with Crippen molar-refractivity contribution in [3.8, 4) is 11.4 Å². The van der Waals surface area contributed by atoms with Crippen molar-refractivity contribution in [2.24, 2.45) is 7.05 Å². The SMILES string of the molecule is Cn1c(-c2cccc(N3CCC(N4CCOCC4)C(F)C3)c2)nc2ccccc21. The van der Waals surface area contributed by atoms with Crippen molar-refractivity contribution >= 4 is 16.7 Å². The van der Waals surface area contributed by atoms with Crippen LogP contribution in [0.25, 0.3) is 22.4 Å². The lowest BCUT2D eigenvalue weighted by molar-refractivity contribution is -0.00820. The lowest BCUT2D eigenvalue weighted by Gasteiger charge is -2.42. The van der Waals surface area contributed by atoms with Crippen molar-refractivity contribution in [3.63, 3.8) is 0 Å². The van der Waals surface area contributed by atoms with Crippen LogP contribution in [-0.2, 0) is 11.8 Å². The minimum atomic E-state index is -0.846. The number of halogens is 1. The third kappa shape index (κ3) is 3.51. The lowest BCUT2D eigenvalue weighted by Crippen LogP contribution is -2.55. The molecule has 0 saturated carbocycles. The molecule has 2 atom stereocenters. The zero-order valence-corrected chi connectivity index (χ0v) is 16.8. The normalized spacial score (nSPS) is 23.6. The van der Waals surface area contributed by atoms with Crippen LogP contribution in [0.15, 0.2) is 48.5 Å². The Kier molecular flexibility index (Phi) is 4.97. The second-order valence-electron chi connectivity index (χ2n) is 8.00. The fourth-order valence-corrected chi connectivity index (χ4v) is 4.69. The number of ether oxygens (including phenoxy) is 1. The highest BCUT2D eigenvalue weighted by atomic mass is 19.1. The van der Waals surface area contributed by atoms with Gasteiger partial charge in [0.15, 0.2) is 0 Å². The average Bonchev–Trinajstić information content (AvgIpc) is 3.11. The van der Waals surface area contributed by atoms with Gasteiger partial charge < -0.3 is 14.2 Å². The number of alkyl halides is 1. The summed E-state index contributed by atoms with van der Waals surface area (Å²) in [5, 5.41) is 0. The van der Waals surface area contributed by atoms with Crippen LogP contribution < -0.4 is 4.90 Å². The number of hydrogen-bond acceptors (Lipinski definition) is 4. The molecule has 0 bridgehead atoms. The van der Waals surface area contributed by atoms with Gasteiger partial charge in [-0.05, 0) is 30.7 Å². The highest BCUT2D eigenvalue weighted by molar-refractivity contribution is 5.81. The zero-order valence-electron chi connectivity index (χ0n) is 16.8. The summed E-state index contributed by atoms with van der Waals surface area (Å²) in [7, 11) is 2.04. The molecule has 0 radical (unpaired) electrons. The Labute approximate surface area is 170 Å². The molecule has 2 unspecified atom stereocenters. The molecule has 2 fully saturated rings. The predicted octanol–water partition coefficient (Wildman–Crippen LogP) is 3.49. The van der Waals surface area contributed by atoms with Gasteiger partial charge in [-0.15, -0.1) is 0 Å². The monoisotopic (exact) mass is 394 g/mol. The number of piperidine rings is 1. The number of fused-ring (bicyclic) bond motifs is 1. The van der Waals surface area contributed by atoms with E-state index in [0.29, 0.717) is 19.8 Å². The summed E-state index contributed by atoms with van der Waals surface area (Å²) in [6.07, 6.45) is -0.00113. The number of hydrogen-bond donors (Lipinski definition) is 0. The number of aryl methyl sites for hydroxylation is 1. The first-order valence-electron chi connectivity index (χ1n) is 10.4. The number of rotatable bonds is 3. The number of aromatic nitrogens is 2. The molecule has 2 aromatic carbocycles. The molecule has 0 N–H and O–H groups in total. The summed E-state index contributed by atoms with van der Waals surface area (Å²) in [6, 6.07) is 16.5. The fraction of sp³-hybridized carbons (Fsp3) is 0.435. The summed E-state index contributed by atoms with van der Waals surface area (Å²) in [5.41, 5.74) is 4.23. The Morgan fingerprint density at radius 3 is 2.66 bits per heavy atom. The van der Waals surface area contributed by atoms with Gasteiger partial charge in [0.1, 0.15) is 12.0 Å². The molecule has 6 heteroatoms. The topological polar surface area (TPSA) is 33.5 Å². The third-order valence-electron chi connectivity index (χ3n) is 6.28. The van der Waals surface area contributed by atoms with Crippen molar-refractivity contribution in [1.82, 2.24) is 14.5 Å². The van der Waals surface area contributed by atoms with E-state index < -0.39 is 6.17 Å². The second-order valence-corrected chi connectivity index (χ2v) is 8.00. The number of imidazole rings is 1. The van der Waals surface area contributed by atoms with Crippen LogP contribution in [0, 0.1) is 0 Å². The maximum atomic E-state index is 15.1. The van der Waals surface area contributed by atoms with Crippen molar-refractivity contribution < 1.29 is 9.13 Å². The van der Waals surface area contributed by atoms with Crippen LogP contribution in [0.5, 0.6) is 0 Å². The highest BCUT2D eigenvalue weighted by Crippen LogP contribution is 2.30. The Hall–Kier alpha value is -2.44. The molecule has 3 heterocycles. The van der Waals surface area contributed by atoms with Gasteiger partial charge >= 0.3 is 0 Å². The van der Waals surface area contributed by atoms with Crippen LogP contribution in [0.4, 0.5) is 10.1 Å². The van der Waals surface area contributed by atoms with E-state index in [1.54, 1.807) is 0 Å². The van der Waals surface area contributed by atoms with Crippen LogP contribution in [0.2, 0.25) is 0 Å². The minimum absolute atomic E-state index is 0.0122. The molecule has 2 aliphatic heterocycles. The molecule has 2 saturated heterocycles. The summed E-state index contributed by atoms with van der Waals surface area (Å²) in [4.78, 5) is 9.25. The molecule has 2 aliphatic rings. The maximum absolute atomic E-state index is 15.1. The predicted molar refractivity (Wildman–Crippen MR) is 114 cm³/mol. The van der Waals surface area contributed by atoms with Gasteiger partial charge in [0.25, 0.3) is 0 Å². The van der Waals surface area contributed by atoms with E-state index in [9.17, 15) is 0 Å². The average molecular weight is 394 g/mol. The molecule has 5 rings (SSSR count). The van der Waals surface area contributed by atoms with Crippen molar-refractivity contribution in [3.05, 3.63) is 48.5 Å². The van der Waals surface area contributed by atoms with Gasteiger partial charge in [-0.2, -0.15) is 0 Å². The highest BCUT2D eigenvalue weighted by Gasteiger charge is 2.34. The molecule has 0 amide bonds. The van der Waals surface area contributed by atoms with E-state index in [-0.39, 0.29) is 6.04 Å². The van der Waals surface area contributed by atoms with E-state index in [1.165, 1.54) is 0 Å². The Morgan fingerprint density at radius 1 is 1.03 bits per heavy atom. The van der Waals surface area contributed by atoms with Crippen LogP contribution in [-0.4, -0.2) is 66.1 Å². The molecule has 3 aromatic rings. The van der Waals surface area contributed by atoms with Gasteiger partial charge in [0.2, 0.25) is 0 Å². The smallest absolute Gasteiger partial charge is 0.140 e. The van der Waals surface area contributed by atoms with Crippen molar-refractivity contribution in [2.75, 3.05) is 44.3 Å². The number of benzene rings is 2. The summed E-state index contributed by atoms with van der Waals surface area (Å²) >= 11 is 0. The number of nitrogens with zero attached hydrogens (tertiary/aromatic N) is 4. The van der Waals surface area contributed by atoms with Gasteiger partial charge in [0.05, 0.1) is 30.8 Å². The van der Waals surface area contributed by atoms with E-state index in [2.05, 4.69) is 38.6 Å². The zero-order chi connectivity index (χ0) is 19.8. The van der Waals surface area contributed by atoms with Crippen LogP contribution >= 0.6 is 0 Å². The Balaban J connectivity index is 1.37. The Morgan fingerprint density at radius 2 is 1.86 bits per heavy atom. The van der Waals surface area contributed by atoms with Gasteiger partial charge in [0, 0.05) is 44.0 Å². The number of para-hydroxylation sites is 2. The van der Waals surface area contributed by atoms with Crippen LogP contribution in [0.1, 0.15) is 6.42 Å². The molecular formula is C23H27FN4O. The number of anilines is 1. The number of morpholine rings is 1. The third-order valence-corrected chi connectivity index (χ3v) is 6.28. The molecule has 29 heavy (non-hydrogen) atoms. The molecule has 1 aromatic heterocycles. The first-order chi connectivity index (χ1) is 14.2. The summed E-state index contributed by atoms with van der Waals surface area (Å²) < 4.78 is 22.6. The standard InChI is InChI=1S/C23H27FN4O/c1-26-22-8-3-2-7-20(22)25-23(26)17-5-4-6-18(15-17)28-10-9-21(19(24)16-28)27-11-13-29-14-12-27/h2-8,15,19,21H,9-14,16H2,1H3. The van der Waals surface area contributed by atoms with E-state index in [1.807, 2.05) is 31.3 Å². The Bertz CT molecular complexity index is 997. The summed E-state index contributed by atoms with van der Waals surface area (Å²) in [5.74, 6) is 0.938. The van der Waals surface area contributed by atoms with Crippen LogP contribution in [0.3, 0.4) is 0 Å². The molecule has 0 spiro atoms. The first kappa shape index (κ1) is 18.6. The fourth-order valence-electron chi connectivity index (χ4n) is 4.69. The summed E-state index contributed by atoms with van der Waals surface area (Å²) in [6.45, 7) is 4.42. The van der Waals surface area contributed by atoms with Gasteiger partial charge in [-0.3, -0.25) is 4.90 Å². The van der Waals surface area contributed by atoms with Crippen molar-refractivity contribution in [2.45, 2.75) is 18.6 Å².